The number of nitrogens with zero attached hydrogens (tertiary/aromatic N) is 2. The van der Waals surface area contributed by atoms with Crippen LogP contribution in [0.15, 0.2) is 54.9 Å². The van der Waals surface area contributed by atoms with Gasteiger partial charge in [0.1, 0.15) is 11.6 Å². The van der Waals surface area contributed by atoms with Gasteiger partial charge in [0.2, 0.25) is 0 Å². The van der Waals surface area contributed by atoms with Gasteiger partial charge >= 0.3 is 0 Å². The summed E-state index contributed by atoms with van der Waals surface area (Å²) < 4.78 is 0. The van der Waals surface area contributed by atoms with E-state index in [4.69, 9.17) is 5.73 Å². The van der Waals surface area contributed by atoms with Gasteiger partial charge < -0.3 is 11.1 Å². The second-order valence-corrected chi connectivity index (χ2v) is 3.98. The average Bonchev–Trinajstić information content (AvgIpc) is 2.39. The molecule has 2 aromatic heterocycles. The monoisotopic (exact) mass is 236 g/mol. The summed E-state index contributed by atoms with van der Waals surface area (Å²) in [6, 6.07) is 13.5. The number of benzene rings is 1. The fraction of sp³-hybridized carbons (Fsp3) is 0. The number of fused-ring (bicyclic) bond motifs is 1. The Morgan fingerprint density at radius 3 is 2.78 bits per heavy atom. The van der Waals surface area contributed by atoms with E-state index in [0.717, 1.165) is 22.3 Å². The molecular weight excluding hydrogens is 224 g/mol. The van der Waals surface area contributed by atoms with Crippen molar-refractivity contribution in [3.8, 4) is 0 Å². The van der Waals surface area contributed by atoms with Gasteiger partial charge in [-0.1, -0.05) is 18.2 Å². The molecule has 0 aliphatic carbocycles. The molecule has 2 heterocycles. The molecule has 3 aromatic rings. The zero-order chi connectivity index (χ0) is 12.4. The molecule has 0 atom stereocenters. The Morgan fingerprint density at radius 1 is 1.00 bits per heavy atom. The Labute approximate surface area is 104 Å². The molecule has 3 N–H and O–H groups in total. The lowest BCUT2D eigenvalue weighted by Crippen LogP contribution is -1.97. The van der Waals surface area contributed by atoms with Crippen molar-refractivity contribution < 1.29 is 0 Å². The molecule has 0 radical (unpaired) electrons. The molecule has 0 saturated carbocycles. The summed E-state index contributed by atoms with van der Waals surface area (Å²) in [6.45, 7) is 0. The normalized spacial score (nSPS) is 10.4. The number of nitrogen functional groups attached to an aromatic ring is 1. The number of hydrogen-bond acceptors (Lipinski definition) is 4. The minimum atomic E-state index is 0.498. The standard InChI is InChI=1S/C14H12N4/c15-13-5-2-6-14(18-13)17-12-4-1-3-10-7-8-16-9-11(10)12/h1-9H,(H3,15,17,18). The van der Waals surface area contributed by atoms with Gasteiger partial charge in [0.25, 0.3) is 0 Å². The number of pyridine rings is 2. The lowest BCUT2D eigenvalue weighted by atomic mass is 10.1. The molecule has 18 heavy (non-hydrogen) atoms. The number of rotatable bonds is 2. The fourth-order valence-corrected chi connectivity index (χ4v) is 1.88. The first-order chi connectivity index (χ1) is 8.83. The Hall–Kier alpha value is -2.62. The van der Waals surface area contributed by atoms with Gasteiger partial charge in [-0.2, -0.15) is 0 Å². The highest BCUT2D eigenvalue weighted by Gasteiger charge is 2.01. The van der Waals surface area contributed by atoms with Crippen LogP contribution in [0.5, 0.6) is 0 Å². The second-order valence-electron chi connectivity index (χ2n) is 3.98. The van der Waals surface area contributed by atoms with Crippen LogP contribution in [-0.2, 0) is 0 Å². The zero-order valence-electron chi connectivity index (χ0n) is 9.67. The van der Waals surface area contributed by atoms with E-state index in [9.17, 15) is 0 Å². The zero-order valence-corrected chi connectivity index (χ0v) is 9.67. The van der Waals surface area contributed by atoms with E-state index in [-0.39, 0.29) is 0 Å². The summed E-state index contributed by atoms with van der Waals surface area (Å²) in [5.74, 6) is 1.23. The molecule has 0 spiro atoms. The van der Waals surface area contributed by atoms with E-state index in [1.165, 1.54) is 0 Å². The van der Waals surface area contributed by atoms with E-state index in [0.29, 0.717) is 5.82 Å². The van der Waals surface area contributed by atoms with Crippen LogP contribution in [0.3, 0.4) is 0 Å². The molecule has 0 aliphatic heterocycles. The van der Waals surface area contributed by atoms with Crippen LogP contribution in [-0.4, -0.2) is 9.97 Å². The quantitative estimate of drug-likeness (QED) is 0.718. The summed E-state index contributed by atoms with van der Waals surface area (Å²) in [7, 11) is 0. The van der Waals surface area contributed by atoms with Crippen molar-refractivity contribution >= 4 is 28.1 Å². The molecule has 0 fully saturated rings. The van der Waals surface area contributed by atoms with Crippen molar-refractivity contribution in [1.82, 2.24) is 9.97 Å². The first-order valence-corrected chi connectivity index (χ1v) is 5.65. The maximum absolute atomic E-state index is 5.66. The molecular formula is C14H12N4. The third-order valence-electron chi connectivity index (χ3n) is 2.72. The predicted octanol–water partition coefficient (Wildman–Crippen LogP) is 2.96. The van der Waals surface area contributed by atoms with E-state index >= 15 is 0 Å². The summed E-state index contributed by atoms with van der Waals surface area (Å²) in [5.41, 5.74) is 6.63. The highest BCUT2D eigenvalue weighted by molar-refractivity contribution is 5.94. The fourth-order valence-electron chi connectivity index (χ4n) is 1.88. The molecule has 1 aromatic carbocycles. The van der Waals surface area contributed by atoms with Crippen LogP contribution in [0.25, 0.3) is 10.8 Å². The first kappa shape index (κ1) is 10.5. The molecule has 0 saturated heterocycles. The Balaban J connectivity index is 2.05. The largest absolute Gasteiger partial charge is 0.384 e. The summed E-state index contributed by atoms with van der Waals surface area (Å²) in [5, 5.41) is 5.45. The molecule has 0 amide bonds. The van der Waals surface area contributed by atoms with Crippen LogP contribution >= 0.6 is 0 Å². The number of nitrogens with one attached hydrogen (secondary N) is 1. The lowest BCUT2D eigenvalue weighted by molar-refractivity contribution is 1.31. The van der Waals surface area contributed by atoms with Crippen LogP contribution in [0.2, 0.25) is 0 Å². The first-order valence-electron chi connectivity index (χ1n) is 5.65. The van der Waals surface area contributed by atoms with E-state index in [1.54, 1.807) is 12.3 Å². The summed E-state index contributed by atoms with van der Waals surface area (Å²) in [4.78, 5) is 8.37. The third-order valence-corrected chi connectivity index (χ3v) is 2.72. The molecule has 0 unspecified atom stereocenters. The highest BCUT2D eigenvalue weighted by atomic mass is 15.0. The summed E-state index contributed by atoms with van der Waals surface area (Å²) >= 11 is 0. The number of anilines is 3. The van der Waals surface area contributed by atoms with E-state index < -0.39 is 0 Å². The number of hydrogen-bond donors (Lipinski definition) is 2. The van der Waals surface area contributed by atoms with Gasteiger partial charge in [0, 0.05) is 23.5 Å². The smallest absolute Gasteiger partial charge is 0.132 e. The minimum absolute atomic E-state index is 0.498. The predicted molar refractivity (Wildman–Crippen MR) is 73.7 cm³/mol. The van der Waals surface area contributed by atoms with E-state index in [1.807, 2.05) is 36.5 Å². The highest BCUT2D eigenvalue weighted by Crippen LogP contribution is 2.24. The Morgan fingerprint density at radius 2 is 1.89 bits per heavy atom. The van der Waals surface area contributed by atoms with Crippen molar-refractivity contribution in [1.29, 1.82) is 0 Å². The SMILES string of the molecule is Nc1cccc(Nc2cccc3ccncc23)n1. The molecule has 4 nitrogen and oxygen atoms in total. The van der Waals surface area contributed by atoms with Gasteiger partial charge in [-0.05, 0) is 29.7 Å². The topological polar surface area (TPSA) is 63.8 Å². The van der Waals surface area contributed by atoms with Crippen molar-refractivity contribution in [2.24, 2.45) is 0 Å². The van der Waals surface area contributed by atoms with Crippen molar-refractivity contribution in [2.45, 2.75) is 0 Å². The number of nitrogens with two attached hydrogens (primary N) is 1. The van der Waals surface area contributed by atoms with Crippen LogP contribution < -0.4 is 11.1 Å². The molecule has 4 heteroatoms. The molecule has 0 aliphatic rings. The maximum Gasteiger partial charge on any atom is 0.132 e. The third kappa shape index (κ3) is 1.96. The van der Waals surface area contributed by atoms with Crippen molar-refractivity contribution in [2.75, 3.05) is 11.1 Å². The maximum atomic E-state index is 5.66. The second kappa shape index (κ2) is 4.33. The molecule has 3 rings (SSSR count). The molecule has 0 bridgehead atoms. The van der Waals surface area contributed by atoms with Gasteiger partial charge in [-0.15, -0.1) is 0 Å². The van der Waals surface area contributed by atoms with Gasteiger partial charge in [-0.3, -0.25) is 4.98 Å². The number of aromatic nitrogens is 2. The van der Waals surface area contributed by atoms with Crippen LogP contribution in [0.1, 0.15) is 0 Å². The van der Waals surface area contributed by atoms with Crippen molar-refractivity contribution in [3.05, 3.63) is 54.9 Å². The summed E-state index contributed by atoms with van der Waals surface area (Å²) in [6.07, 6.45) is 3.62. The van der Waals surface area contributed by atoms with Crippen LogP contribution in [0, 0.1) is 0 Å². The van der Waals surface area contributed by atoms with Gasteiger partial charge in [0.05, 0.1) is 0 Å². The van der Waals surface area contributed by atoms with Gasteiger partial charge in [-0.25, -0.2) is 4.98 Å². The van der Waals surface area contributed by atoms with Crippen molar-refractivity contribution in [3.63, 3.8) is 0 Å². The Bertz CT molecular complexity index is 689. The van der Waals surface area contributed by atoms with Gasteiger partial charge in [0.15, 0.2) is 0 Å². The van der Waals surface area contributed by atoms with Crippen LogP contribution in [0.4, 0.5) is 17.3 Å². The lowest BCUT2D eigenvalue weighted by Gasteiger charge is -2.08. The Kier molecular flexibility index (Phi) is 2.53. The molecule has 88 valence electrons. The minimum Gasteiger partial charge on any atom is -0.384 e. The van der Waals surface area contributed by atoms with E-state index in [2.05, 4.69) is 21.4 Å². The average molecular weight is 236 g/mol.